The summed E-state index contributed by atoms with van der Waals surface area (Å²) in [5.41, 5.74) is 1.65. The normalized spacial score (nSPS) is 9.90. The highest BCUT2D eigenvalue weighted by atomic mass is 35.5. The average molecular weight is 303 g/mol. The van der Waals surface area contributed by atoms with Gasteiger partial charge in [-0.3, -0.25) is 4.79 Å². The van der Waals surface area contributed by atoms with Crippen LogP contribution in [0.3, 0.4) is 0 Å². The standard InChI is InChI=1S/C14H22N2O3.ClH/c1-18-9-8-15-6-7-16-14(17)13-5-3-4-12(10-13)11-19-2;/h3-5,10,15H,6-9,11H2,1-2H3,(H,16,17);1H. The van der Waals surface area contributed by atoms with Gasteiger partial charge >= 0.3 is 0 Å². The zero-order valence-corrected chi connectivity index (χ0v) is 12.8. The van der Waals surface area contributed by atoms with E-state index in [4.69, 9.17) is 9.47 Å². The van der Waals surface area contributed by atoms with Gasteiger partial charge in [-0.15, -0.1) is 12.4 Å². The Hall–Kier alpha value is -1.14. The third-order valence-electron chi connectivity index (χ3n) is 2.57. The molecule has 1 aromatic rings. The molecule has 5 nitrogen and oxygen atoms in total. The van der Waals surface area contributed by atoms with E-state index in [1.54, 1.807) is 20.3 Å². The van der Waals surface area contributed by atoms with Crippen molar-refractivity contribution in [1.82, 2.24) is 10.6 Å². The molecular weight excluding hydrogens is 280 g/mol. The first-order valence-corrected chi connectivity index (χ1v) is 6.33. The number of nitrogens with one attached hydrogen (secondary N) is 2. The minimum absolute atomic E-state index is 0. The molecule has 0 aromatic heterocycles. The van der Waals surface area contributed by atoms with Crippen LogP contribution in [0.2, 0.25) is 0 Å². The second-order valence-corrected chi connectivity index (χ2v) is 4.13. The summed E-state index contributed by atoms with van der Waals surface area (Å²) in [5, 5.41) is 6.03. The summed E-state index contributed by atoms with van der Waals surface area (Å²) >= 11 is 0. The summed E-state index contributed by atoms with van der Waals surface area (Å²) in [4.78, 5) is 11.9. The summed E-state index contributed by atoms with van der Waals surface area (Å²) in [5.74, 6) is -0.0634. The van der Waals surface area contributed by atoms with Crippen LogP contribution in [-0.2, 0) is 16.1 Å². The fourth-order valence-electron chi connectivity index (χ4n) is 1.63. The Bertz CT molecular complexity index is 388. The molecule has 0 aliphatic heterocycles. The maximum absolute atomic E-state index is 11.9. The number of carbonyl (C=O) groups excluding carboxylic acids is 1. The number of amides is 1. The fourth-order valence-corrected chi connectivity index (χ4v) is 1.63. The number of benzene rings is 1. The van der Waals surface area contributed by atoms with Gasteiger partial charge in [-0.1, -0.05) is 12.1 Å². The fraction of sp³-hybridized carbons (Fsp3) is 0.500. The highest BCUT2D eigenvalue weighted by molar-refractivity contribution is 5.94. The van der Waals surface area contributed by atoms with Gasteiger partial charge in [-0.2, -0.15) is 0 Å². The molecule has 0 saturated heterocycles. The van der Waals surface area contributed by atoms with Crippen LogP contribution in [0, 0.1) is 0 Å². The van der Waals surface area contributed by atoms with E-state index in [0.29, 0.717) is 25.3 Å². The lowest BCUT2D eigenvalue weighted by Crippen LogP contribution is -2.33. The van der Waals surface area contributed by atoms with Crippen molar-refractivity contribution in [2.45, 2.75) is 6.61 Å². The number of methoxy groups -OCH3 is 2. The van der Waals surface area contributed by atoms with E-state index in [1.165, 1.54) is 0 Å². The van der Waals surface area contributed by atoms with E-state index in [0.717, 1.165) is 18.7 Å². The Morgan fingerprint density at radius 2 is 1.95 bits per heavy atom. The molecule has 0 fully saturated rings. The van der Waals surface area contributed by atoms with E-state index >= 15 is 0 Å². The Morgan fingerprint density at radius 1 is 1.15 bits per heavy atom. The summed E-state index contributed by atoms with van der Waals surface area (Å²) in [6, 6.07) is 7.44. The molecular formula is C14H23ClN2O3. The van der Waals surface area contributed by atoms with Crippen LogP contribution in [0.5, 0.6) is 0 Å². The van der Waals surface area contributed by atoms with Crippen LogP contribution in [0.15, 0.2) is 24.3 Å². The van der Waals surface area contributed by atoms with Crippen molar-refractivity contribution < 1.29 is 14.3 Å². The second kappa shape index (κ2) is 11.7. The van der Waals surface area contributed by atoms with Crippen molar-refractivity contribution >= 4 is 18.3 Å². The third kappa shape index (κ3) is 7.45. The van der Waals surface area contributed by atoms with Crippen molar-refractivity contribution in [2.24, 2.45) is 0 Å². The minimum atomic E-state index is -0.0634. The minimum Gasteiger partial charge on any atom is -0.383 e. The number of carbonyl (C=O) groups is 1. The molecule has 20 heavy (non-hydrogen) atoms. The molecule has 0 atom stereocenters. The largest absolute Gasteiger partial charge is 0.383 e. The molecule has 1 amide bonds. The van der Waals surface area contributed by atoms with Crippen molar-refractivity contribution in [3.8, 4) is 0 Å². The zero-order valence-electron chi connectivity index (χ0n) is 12.0. The molecule has 2 N–H and O–H groups in total. The third-order valence-corrected chi connectivity index (χ3v) is 2.57. The highest BCUT2D eigenvalue weighted by Crippen LogP contribution is 2.06. The average Bonchev–Trinajstić information content (AvgIpc) is 2.43. The molecule has 114 valence electrons. The van der Waals surface area contributed by atoms with Crippen molar-refractivity contribution in [3.05, 3.63) is 35.4 Å². The van der Waals surface area contributed by atoms with Crippen molar-refractivity contribution in [1.29, 1.82) is 0 Å². The maximum atomic E-state index is 11.9. The summed E-state index contributed by atoms with van der Waals surface area (Å²) in [7, 11) is 3.30. The molecule has 0 radical (unpaired) electrons. The van der Waals surface area contributed by atoms with Crippen LogP contribution < -0.4 is 10.6 Å². The van der Waals surface area contributed by atoms with Gasteiger partial charge in [-0.05, 0) is 17.7 Å². The zero-order chi connectivity index (χ0) is 13.9. The van der Waals surface area contributed by atoms with E-state index in [9.17, 15) is 4.79 Å². The lowest BCUT2D eigenvalue weighted by Gasteiger charge is -2.07. The number of ether oxygens (including phenoxy) is 2. The van der Waals surface area contributed by atoms with Gasteiger partial charge in [0.2, 0.25) is 0 Å². The van der Waals surface area contributed by atoms with Crippen LogP contribution in [-0.4, -0.2) is 46.4 Å². The van der Waals surface area contributed by atoms with Gasteiger partial charge in [0, 0.05) is 39.4 Å². The molecule has 0 spiro atoms. The van der Waals surface area contributed by atoms with Gasteiger partial charge in [0.05, 0.1) is 13.2 Å². The Labute approximate surface area is 126 Å². The SMILES string of the molecule is COCCNCCNC(=O)c1cccc(COC)c1.Cl. The maximum Gasteiger partial charge on any atom is 0.251 e. The number of rotatable bonds is 9. The summed E-state index contributed by atoms with van der Waals surface area (Å²) < 4.78 is 9.96. The molecule has 1 rings (SSSR count). The number of halogens is 1. The van der Waals surface area contributed by atoms with Crippen molar-refractivity contribution in [3.63, 3.8) is 0 Å². The molecule has 0 aliphatic carbocycles. The van der Waals surface area contributed by atoms with Crippen LogP contribution >= 0.6 is 12.4 Å². The Balaban J connectivity index is 0.00000361. The molecule has 6 heteroatoms. The predicted molar refractivity (Wildman–Crippen MR) is 81.5 cm³/mol. The Morgan fingerprint density at radius 3 is 2.65 bits per heavy atom. The monoisotopic (exact) mass is 302 g/mol. The predicted octanol–water partition coefficient (Wildman–Crippen LogP) is 1.22. The smallest absolute Gasteiger partial charge is 0.251 e. The van der Waals surface area contributed by atoms with Crippen LogP contribution in [0.1, 0.15) is 15.9 Å². The molecule has 1 aromatic carbocycles. The first kappa shape index (κ1) is 18.9. The lowest BCUT2D eigenvalue weighted by molar-refractivity contribution is 0.0953. The molecule has 0 aliphatic rings. The highest BCUT2D eigenvalue weighted by Gasteiger charge is 2.05. The van der Waals surface area contributed by atoms with E-state index < -0.39 is 0 Å². The second-order valence-electron chi connectivity index (χ2n) is 4.13. The van der Waals surface area contributed by atoms with Crippen molar-refractivity contribution in [2.75, 3.05) is 40.5 Å². The van der Waals surface area contributed by atoms with E-state index in [-0.39, 0.29) is 18.3 Å². The van der Waals surface area contributed by atoms with Gasteiger partial charge in [0.15, 0.2) is 0 Å². The topological polar surface area (TPSA) is 59.6 Å². The molecule has 0 bridgehead atoms. The van der Waals surface area contributed by atoms with Gasteiger partial charge in [0.25, 0.3) is 5.91 Å². The van der Waals surface area contributed by atoms with Gasteiger partial charge in [-0.25, -0.2) is 0 Å². The summed E-state index contributed by atoms with van der Waals surface area (Å²) in [6.45, 7) is 3.30. The van der Waals surface area contributed by atoms with Crippen LogP contribution in [0.25, 0.3) is 0 Å². The molecule has 0 unspecified atom stereocenters. The van der Waals surface area contributed by atoms with Gasteiger partial charge < -0.3 is 20.1 Å². The van der Waals surface area contributed by atoms with Gasteiger partial charge in [0.1, 0.15) is 0 Å². The summed E-state index contributed by atoms with van der Waals surface area (Å²) in [6.07, 6.45) is 0. The van der Waals surface area contributed by atoms with E-state index in [1.807, 2.05) is 18.2 Å². The number of hydrogen-bond acceptors (Lipinski definition) is 4. The first-order chi connectivity index (χ1) is 9.27. The Kier molecular flexibility index (Phi) is 11.0. The quantitative estimate of drug-likeness (QED) is 0.674. The van der Waals surface area contributed by atoms with E-state index in [2.05, 4.69) is 10.6 Å². The molecule has 0 heterocycles. The lowest BCUT2D eigenvalue weighted by atomic mass is 10.1. The molecule has 0 saturated carbocycles. The first-order valence-electron chi connectivity index (χ1n) is 6.33. The number of hydrogen-bond donors (Lipinski definition) is 2. The van der Waals surface area contributed by atoms with Crippen LogP contribution in [0.4, 0.5) is 0 Å².